The van der Waals surface area contributed by atoms with Crippen LogP contribution in [0.3, 0.4) is 0 Å². The molecule has 4 nitrogen and oxygen atoms in total. The minimum Gasteiger partial charge on any atom is -0.480 e. The van der Waals surface area contributed by atoms with E-state index in [2.05, 4.69) is 0 Å². The fraction of sp³-hybridized carbons (Fsp3) is 0.417. The normalized spacial score (nSPS) is 20.9. The topological polar surface area (TPSA) is 49.8 Å². The van der Waals surface area contributed by atoms with Gasteiger partial charge in [0.15, 0.2) is 0 Å². The van der Waals surface area contributed by atoms with E-state index in [1.807, 2.05) is 0 Å². The second kappa shape index (κ2) is 5.65. The van der Waals surface area contributed by atoms with Gasteiger partial charge in [-0.05, 0) is 23.8 Å². The lowest BCUT2D eigenvalue weighted by molar-refractivity contribution is -0.150. The lowest BCUT2D eigenvalue weighted by Gasteiger charge is -2.32. The SMILES string of the molecule is O=C(O)C1COCCN1Cc1cc(F)ccc1Cl. The molecule has 1 fully saturated rings. The van der Waals surface area contributed by atoms with E-state index in [9.17, 15) is 9.18 Å². The van der Waals surface area contributed by atoms with Gasteiger partial charge >= 0.3 is 5.97 Å². The Bertz CT molecular complexity index is 455. The second-order valence-corrected chi connectivity index (χ2v) is 4.54. The number of morpholine rings is 1. The highest BCUT2D eigenvalue weighted by molar-refractivity contribution is 6.31. The van der Waals surface area contributed by atoms with Crippen LogP contribution in [-0.2, 0) is 16.1 Å². The molecule has 6 heteroatoms. The average Bonchev–Trinajstić information content (AvgIpc) is 2.34. The first-order chi connectivity index (χ1) is 8.58. The van der Waals surface area contributed by atoms with Crippen molar-refractivity contribution in [1.29, 1.82) is 0 Å². The Morgan fingerprint density at radius 2 is 2.39 bits per heavy atom. The zero-order chi connectivity index (χ0) is 13.1. The van der Waals surface area contributed by atoms with Crippen LogP contribution in [0.4, 0.5) is 4.39 Å². The standard InChI is InChI=1S/C12H13ClFNO3/c13-10-2-1-9(14)5-8(10)6-15-3-4-18-7-11(15)12(16)17/h1-2,5,11H,3-4,6-7H2,(H,16,17). The third-order valence-electron chi connectivity index (χ3n) is 2.91. The Hall–Kier alpha value is -1.17. The highest BCUT2D eigenvalue weighted by atomic mass is 35.5. The number of nitrogens with zero attached hydrogens (tertiary/aromatic N) is 1. The zero-order valence-electron chi connectivity index (χ0n) is 9.60. The molecule has 0 aliphatic carbocycles. The lowest BCUT2D eigenvalue weighted by Crippen LogP contribution is -2.49. The third-order valence-corrected chi connectivity index (χ3v) is 3.27. The molecule has 1 atom stereocenters. The molecule has 1 aliphatic heterocycles. The molecule has 0 saturated carbocycles. The molecule has 0 bridgehead atoms. The van der Waals surface area contributed by atoms with Crippen molar-refractivity contribution in [3.8, 4) is 0 Å². The number of carboxylic acid groups (broad SMARTS) is 1. The highest BCUT2D eigenvalue weighted by Crippen LogP contribution is 2.21. The van der Waals surface area contributed by atoms with Gasteiger partial charge < -0.3 is 9.84 Å². The summed E-state index contributed by atoms with van der Waals surface area (Å²) in [5.41, 5.74) is 0.588. The largest absolute Gasteiger partial charge is 0.480 e. The van der Waals surface area contributed by atoms with Crippen molar-refractivity contribution in [3.05, 3.63) is 34.6 Å². The van der Waals surface area contributed by atoms with E-state index >= 15 is 0 Å². The van der Waals surface area contributed by atoms with Crippen molar-refractivity contribution in [1.82, 2.24) is 4.90 Å². The van der Waals surface area contributed by atoms with E-state index in [-0.39, 0.29) is 12.4 Å². The number of hydrogen-bond acceptors (Lipinski definition) is 3. The van der Waals surface area contributed by atoms with Crippen LogP contribution < -0.4 is 0 Å². The first kappa shape index (κ1) is 13.3. The van der Waals surface area contributed by atoms with Crippen LogP contribution in [0, 0.1) is 5.82 Å². The predicted molar refractivity (Wildman–Crippen MR) is 64.1 cm³/mol. The van der Waals surface area contributed by atoms with Crippen LogP contribution in [0.1, 0.15) is 5.56 Å². The van der Waals surface area contributed by atoms with Crippen LogP contribution in [0.25, 0.3) is 0 Å². The van der Waals surface area contributed by atoms with Crippen molar-refractivity contribution in [2.75, 3.05) is 19.8 Å². The van der Waals surface area contributed by atoms with Gasteiger partial charge in [0.1, 0.15) is 11.9 Å². The van der Waals surface area contributed by atoms with Gasteiger partial charge in [-0.15, -0.1) is 0 Å². The first-order valence-electron chi connectivity index (χ1n) is 5.56. The zero-order valence-corrected chi connectivity index (χ0v) is 10.4. The molecule has 1 aromatic carbocycles. The van der Waals surface area contributed by atoms with E-state index in [1.54, 1.807) is 4.90 Å². The number of hydrogen-bond donors (Lipinski definition) is 1. The Kier molecular flexibility index (Phi) is 4.16. The summed E-state index contributed by atoms with van der Waals surface area (Å²) < 4.78 is 18.3. The first-order valence-corrected chi connectivity index (χ1v) is 5.94. The van der Waals surface area contributed by atoms with Gasteiger partial charge in [0.2, 0.25) is 0 Å². The number of aliphatic carboxylic acids is 1. The summed E-state index contributed by atoms with van der Waals surface area (Å²) in [5.74, 6) is -1.32. The van der Waals surface area contributed by atoms with Gasteiger partial charge in [-0.3, -0.25) is 9.69 Å². The van der Waals surface area contributed by atoms with E-state index in [1.165, 1.54) is 18.2 Å². The van der Waals surface area contributed by atoms with Gasteiger partial charge in [0.05, 0.1) is 13.2 Å². The molecule has 0 radical (unpaired) electrons. The summed E-state index contributed by atoms with van der Waals surface area (Å²) in [7, 11) is 0. The van der Waals surface area contributed by atoms with Crippen LogP contribution >= 0.6 is 11.6 Å². The molecule has 1 saturated heterocycles. The number of halogens is 2. The molecule has 0 aromatic heterocycles. The van der Waals surface area contributed by atoms with Crippen LogP contribution in [0.15, 0.2) is 18.2 Å². The van der Waals surface area contributed by atoms with Gasteiger partial charge in [-0.25, -0.2) is 4.39 Å². The monoisotopic (exact) mass is 273 g/mol. The van der Waals surface area contributed by atoms with Crippen molar-refractivity contribution < 1.29 is 19.0 Å². The van der Waals surface area contributed by atoms with Crippen LogP contribution in [0.5, 0.6) is 0 Å². The maximum Gasteiger partial charge on any atom is 0.323 e. The maximum absolute atomic E-state index is 13.1. The Labute approximate surface area is 109 Å². The Balaban J connectivity index is 2.15. The number of carbonyl (C=O) groups is 1. The van der Waals surface area contributed by atoms with E-state index in [4.69, 9.17) is 21.4 Å². The maximum atomic E-state index is 13.1. The Morgan fingerprint density at radius 1 is 1.61 bits per heavy atom. The van der Waals surface area contributed by atoms with E-state index in [0.29, 0.717) is 30.3 Å². The highest BCUT2D eigenvalue weighted by Gasteiger charge is 2.29. The molecule has 18 heavy (non-hydrogen) atoms. The van der Waals surface area contributed by atoms with Crippen molar-refractivity contribution in [2.45, 2.75) is 12.6 Å². The summed E-state index contributed by atoms with van der Waals surface area (Å²) in [6.45, 7) is 1.40. The van der Waals surface area contributed by atoms with Crippen LogP contribution in [0.2, 0.25) is 5.02 Å². The number of carboxylic acids is 1. The van der Waals surface area contributed by atoms with E-state index < -0.39 is 12.0 Å². The fourth-order valence-electron chi connectivity index (χ4n) is 1.94. The average molecular weight is 274 g/mol. The molecule has 0 amide bonds. The molecule has 2 rings (SSSR count). The summed E-state index contributed by atoms with van der Waals surface area (Å²) in [5, 5.41) is 9.52. The predicted octanol–water partition coefficient (Wildman–Crippen LogP) is 1.76. The molecule has 1 aromatic rings. The third kappa shape index (κ3) is 2.98. The summed E-state index contributed by atoms with van der Waals surface area (Å²) >= 11 is 5.97. The van der Waals surface area contributed by atoms with Gasteiger partial charge in [-0.1, -0.05) is 11.6 Å². The fourth-order valence-corrected chi connectivity index (χ4v) is 2.12. The number of rotatable bonds is 3. The minimum atomic E-state index is -0.942. The Morgan fingerprint density at radius 3 is 3.11 bits per heavy atom. The summed E-state index contributed by atoms with van der Waals surface area (Å²) in [6, 6.07) is 3.37. The van der Waals surface area contributed by atoms with Crippen molar-refractivity contribution in [3.63, 3.8) is 0 Å². The molecule has 1 heterocycles. The summed E-state index contributed by atoms with van der Waals surface area (Å²) in [4.78, 5) is 12.8. The quantitative estimate of drug-likeness (QED) is 0.912. The molecule has 1 unspecified atom stereocenters. The smallest absolute Gasteiger partial charge is 0.323 e. The summed E-state index contributed by atoms with van der Waals surface area (Å²) in [6.07, 6.45) is 0. The van der Waals surface area contributed by atoms with Gasteiger partial charge in [0.25, 0.3) is 0 Å². The molecule has 1 aliphatic rings. The molecule has 1 N–H and O–H groups in total. The molecule has 0 spiro atoms. The van der Waals surface area contributed by atoms with Gasteiger partial charge in [-0.2, -0.15) is 0 Å². The second-order valence-electron chi connectivity index (χ2n) is 4.14. The molecule has 98 valence electrons. The van der Waals surface area contributed by atoms with Crippen LogP contribution in [-0.4, -0.2) is 41.8 Å². The van der Waals surface area contributed by atoms with E-state index in [0.717, 1.165) is 0 Å². The number of benzene rings is 1. The number of ether oxygens (including phenoxy) is 1. The minimum absolute atomic E-state index is 0.141. The van der Waals surface area contributed by atoms with Crippen molar-refractivity contribution >= 4 is 17.6 Å². The molecular weight excluding hydrogens is 261 g/mol. The van der Waals surface area contributed by atoms with Gasteiger partial charge in [0, 0.05) is 18.1 Å². The molecular formula is C12H13ClFNO3. The lowest BCUT2D eigenvalue weighted by atomic mass is 10.1. The van der Waals surface area contributed by atoms with Crippen molar-refractivity contribution in [2.24, 2.45) is 0 Å².